The minimum Gasteiger partial charge on any atom is -0.339 e. The molecule has 2 aromatic heterocycles. The molecule has 0 fully saturated rings. The van der Waals surface area contributed by atoms with Gasteiger partial charge < -0.3 is 4.52 Å². The Labute approximate surface area is 139 Å². The lowest BCUT2D eigenvalue weighted by atomic mass is 9.93. The molecule has 0 unspecified atom stereocenters. The molecule has 4 rings (SSSR count). The molecular formula is C18H18N4O2. The van der Waals surface area contributed by atoms with Crippen molar-refractivity contribution in [3.63, 3.8) is 0 Å². The third-order valence-electron chi connectivity index (χ3n) is 4.69. The second kappa shape index (κ2) is 5.70. The quantitative estimate of drug-likeness (QED) is 0.744. The summed E-state index contributed by atoms with van der Waals surface area (Å²) in [5.41, 5.74) is 5.02. The summed E-state index contributed by atoms with van der Waals surface area (Å²) in [6, 6.07) is 6.23. The number of nitrogens with one attached hydrogen (secondary N) is 1. The fourth-order valence-corrected chi connectivity index (χ4v) is 3.44. The molecule has 0 radical (unpaired) electrons. The van der Waals surface area contributed by atoms with Gasteiger partial charge in [-0.1, -0.05) is 17.3 Å². The van der Waals surface area contributed by atoms with E-state index in [2.05, 4.69) is 32.5 Å². The highest BCUT2D eigenvalue weighted by molar-refractivity contribution is 5.97. The van der Waals surface area contributed by atoms with E-state index < -0.39 is 0 Å². The maximum Gasteiger partial charge on any atom is 0.223 e. The number of aromatic amines is 1. The zero-order valence-electron chi connectivity index (χ0n) is 13.7. The summed E-state index contributed by atoms with van der Waals surface area (Å²) in [4.78, 5) is 16.8. The molecule has 6 nitrogen and oxygen atoms in total. The van der Waals surface area contributed by atoms with Gasteiger partial charge in [-0.15, -0.1) is 0 Å². The molecule has 0 saturated carbocycles. The monoisotopic (exact) mass is 322 g/mol. The Bertz CT molecular complexity index is 909. The standard InChI is InChI=1S/C18H18N4O2/c1-10-16(9-19-21-10)17(23)8-13-4-3-12-7-14(5-6-15(12)13)18-20-11(2)24-22-18/h5-7,9,13H,3-4,8H2,1-2H3,(H,19,21)/t13-/m0/s1. The third kappa shape index (κ3) is 2.54. The minimum absolute atomic E-state index is 0.150. The molecule has 0 spiro atoms. The van der Waals surface area contributed by atoms with Gasteiger partial charge in [-0.2, -0.15) is 10.1 Å². The van der Waals surface area contributed by atoms with Gasteiger partial charge >= 0.3 is 0 Å². The fraction of sp³-hybridized carbons (Fsp3) is 0.333. The lowest BCUT2D eigenvalue weighted by Crippen LogP contribution is -2.06. The largest absolute Gasteiger partial charge is 0.339 e. The number of ketones is 1. The van der Waals surface area contributed by atoms with E-state index in [1.54, 1.807) is 13.1 Å². The minimum atomic E-state index is 0.150. The number of fused-ring (bicyclic) bond motifs is 1. The lowest BCUT2D eigenvalue weighted by Gasteiger charge is -2.11. The number of nitrogens with zero attached hydrogens (tertiary/aromatic N) is 3. The Morgan fingerprint density at radius 3 is 2.96 bits per heavy atom. The van der Waals surface area contributed by atoms with E-state index in [-0.39, 0.29) is 11.7 Å². The number of benzene rings is 1. The molecule has 122 valence electrons. The molecule has 2 heterocycles. The normalized spacial score (nSPS) is 16.3. The molecular weight excluding hydrogens is 304 g/mol. The first-order valence-electron chi connectivity index (χ1n) is 8.08. The van der Waals surface area contributed by atoms with Gasteiger partial charge in [-0.05, 0) is 42.9 Å². The Kier molecular flexibility index (Phi) is 3.52. The van der Waals surface area contributed by atoms with Crippen molar-refractivity contribution in [2.45, 2.75) is 39.0 Å². The number of carbonyl (C=O) groups is 1. The summed E-state index contributed by atoms with van der Waals surface area (Å²) < 4.78 is 5.05. The number of Topliss-reactive ketones (excluding diaryl/α,β-unsaturated/α-hetero) is 1. The molecule has 1 aromatic carbocycles. The average Bonchev–Trinajstić information content (AvgIpc) is 3.27. The molecule has 3 aromatic rings. The topological polar surface area (TPSA) is 84.7 Å². The van der Waals surface area contributed by atoms with Gasteiger partial charge in [-0.3, -0.25) is 9.89 Å². The molecule has 1 aliphatic carbocycles. The first-order valence-corrected chi connectivity index (χ1v) is 8.08. The third-order valence-corrected chi connectivity index (χ3v) is 4.69. The van der Waals surface area contributed by atoms with Crippen LogP contribution in [0.4, 0.5) is 0 Å². The van der Waals surface area contributed by atoms with Crippen molar-refractivity contribution in [2.75, 3.05) is 0 Å². The van der Waals surface area contributed by atoms with Crippen molar-refractivity contribution in [3.05, 3.63) is 52.7 Å². The van der Waals surface area contributed by atoms with E-state index in [1.807, 2.05) is 13.0 Å². The highest BCUT2D eigenvalue weighted by Gasteiger charge is 2.26. The van der Waals surface area contributed by atoms with Crippen molar-refractivity contribution in [1.29, 1.82) is 0 Å². The summed E-state index contributed by atoms with van der Waals surface area (Å²) in [6.07, 6.45) is 4.11. The summed E-state index contributed by atoms with van der Waals surface area (Å²) >= 11 is 0. The van der Waals surface area contributed by atoms with E-state index >= 15 is 0 Å². The lowest BCUT2D eigenvalue weighted by molar-refractivity contribution is 0.0973. The molecule has 1 N–H and O–H groups in total. The Hall–Kier alpha value is -2.76. The number of H-pyrrole nitrogens is 1. The smallest absolute Gasteiger partial charge is 0.223 e. The van der Waals surface area contributed by atoms with Crippen LogP contribution in [0, 0.1) is 13.8 Å². The van der Waals surface area contributed by atoms with Gasteiger partial charge in [-0.25, -0.2) is 0 Å². The maximum absolute atomic E-state index is 12.5. The maximum atomic E-state index is 12.5. The van der Waals surface area contributed by atoms with Crippen molar-refractivity contribution in [3.8, 4) is 11.4 Å². The van der Waals surface area contributed by atoms with E-state index in [0.29, 0.717) is 23.7 Å². The van der Waals surface area contributed by atoms with Gasteiger partial charge in [0.2, 0.25) is 11.7 Å². The summed E-state index contributed by atoms with van der Waals surface area (Å²) in [5.74, 6) is 1.59. The number of rotatable bonds is 4. The SMILES string of the molecule is Cc1nc(-c2ccc3c(c2)CC[C@H]3CC(=O)c2cn[nH]c2C)no1. The Morgan fingerprint density at radius 2 is 2.25 bits per heavy atom. The molecule has 1 atom stereocenters. The molecule has 24 heavy (non-hydrogen) atoms. The van der Waals surface area contributed by atoms with E-state index in [1.165, 1.54) is 11.1 Å². The molecule has 0 saturated heterocycles. The van der Waals surface area contributed by atoms with Crippen LogP contribution in [0.15, 0.2) is 28.9 Å². The number of aromatic nitrogens is 4. The highest BCUT2D eigenvalue weighted by Crippen LogP contribution is 2.38. The van der Waals surface area contributed by atoms with Crippen molar-refractivity contribution >= 4 is 5.78 Å². The number of aryl methyl sites for hydroxylation is 3. The van der Waals surface area contributed by atoms with Crippen molar-refractivity contribution in [1.82, 2.24) is 20.3 Å². The van der Waals surface area contributed by atoms with Gasteiger partial charge in [0.25, 0.3) is 0 Å². The van der Waals surface area contributed by atoms with Gasteiger partial charge in [0, 0.05) is 24.6 Å². The van der Waals surface area contributed by atoms with Crippen LogP contribution in [0.1, 0.15) is 51.8 Å². The molecule has 0 bridgehead atoms. The highest BCUT2D eigenvalue weighted by atomic mass is 16.5. The second-order valence-electron chi connectivity index (χ2n) is 6.32. The number of carbonyl (C=O) groups excluding carboxylic acids is 1. The average molecular weight is 322 g/mol. The van der Waals surface area contributed by atoms with Crippen LogP contribution in [0.3, 0.4) is 0 Å². The predicted octanol–water partition coefficient (Wildman–Crippen LogP) is 3.38. The van der Waals surface area contributed by atoms with E-state index in [4.69, 9.17) is 4.52 Å². The Balaban J connectivity index is 1.56. The van der Waals surface area contributed by atoms with E-state index in [0.717, 1.165) is 24.1 Å². The van der Waals surface area contributed by atoms with Crippen LogP contribution in [0.5, 0.6) is 0 Å². The van der Waals surface area contributed by atoms with Crippen LogP contribution >= 0.6 is 0 Å². The van der Waals surface area contributed by atoms with Gasteiger partial charge in [0.15, 0.2) is 5.78 Å². The zero-order chi connectivity index (χ0) is 16.7. The Morgan fingerprint density at radius 1 is 1.38 bits per heavy atom. The zero-order valence-corrected chi connectivity index (χ0v) is 13.7. The van der Waals surface area contributed by atoms with Crippen LogP contribution in [-0.2, 0) is 6.42 Å². The first kappa shape index (κ1) is 14.8. The van der Waals surface area contributed by atoms with Crippen LogP contribution < -0.4 is 0 Å². The predicted molar refractivity (Wildman–Crippen MR) is 87.8 cm³/mol. The van der Waals surface area contributed by atoms with Gasteiger partial charge in [0.05, 0.1) is 11.8 Å². The summed E-state index contributed by atoms with van der Waals surface area (Å²) in [6.45, 7) is 3.66. The molecule has 0 amide bonds. The van der Waals surface area contributed by atoms with Crippen LogP contribution in [0.2, 0.25) is 0 Å². The summed E-state index contributed by atoms with van der Waals surface area (Å²) in [5, 5.41) is 10.7. The fourth-order valence-electron chi connectivity index (χ4n) is 3.44. The van der Waals surface area contributed by atoms with Crippen molar-refractivity contribution in [2.24, 2.45) is 0 Å². The summed E-state index contributed by atoms with van der Waals surface area (Å²) in [7, 11) is 0. The number of hydrogen-bond acceptors (Lipinski definition) is 5. The number of hydrogen-bond donors (Lipinski definition) is 1. The molecule has 0 aliphatic heterocycles. The van der Waals surface area contributed by atoms with Crippen molar-refractivity contribution < 1.29 is 9.32 Å². The van der Waals surface area contributed by atoms with Crippen LogP contribution in [-0.4, -0.2) is 26.1 Å². The first-order chi connectivity index (χ1) is 11.6. The van der Waals surface area contributed by atoms with Gasteiger partial charge in [0.1, 0.15) is 0 Å². The molecule has 1 aliphatic rings. The van der Waals surface area contributed by atoms with E-state index in [9.17, 15) is 4.79 Å². The van der Waals surface area contributed by atoms with Crippen LogP contribution in [0.25, 0.3) is 11.4 Å². The second-order valence-corrected chi connectivity index (χ2v) is 6.32. The molecule has 6 heteroatoms.